The van der Waals surface area contributed by atoms with Gasteiger partial charge in [0, 0.05) is 19.3 Å². The molecule has 1 unspecified atom stereocenters. The fourth-order valence-electron chi connectivity index (χ4n) is 2.88. The molecule has 0 aromatic rings. The average Bonchev–Trinajstić information content (AvgIpc) is 2.67. The fourth-order valence-corrected chi connectivity index (χ4v) is 2.88. The van der Waals surface area contributed by atoms with Gasteiger partial charge < -0.3 is 9.64 Å². The van der Waals surface area contributed by atoms with Gasteiger partial charge in [-0.25, -0.2) is 0 Å². The van der Waals surface area contributed by atoms with Crippen molar-refractivity contribution in [2.75, 3.05) is 26.3 Å². The number of nitrogens with zero attached hydrogens (tertiary/aromatic N) is 1. The number of rotatable bonds is 2. The summed E-state index contributed by atoms with van der Waals surface area (Å²) in [6.07, 6.45) is 5.43. The molecule has 2 aliphatic heterocycles. The van der Waals surface area contributed by atoms with Crippen molar-refractivity contribution in [2.45, 2.75) is 38.6 Å². The topological polar surface area (TPSA) is 12.5 Å². The minimum atomic E-state index is 0.883. The summed E-state index contributed by atoms with van der Waals surface area (Å²) >= 11 is 0. The summed E-state index contributed by atoms with van der Waals surface area (Å²) in [5.41, 5.74) is 0. The normalized spacial score (nSPS) is 32.5. The maximum absolute atomic E-state index is 5.41. The molecule has 2 nitrogen and oxygen atoms in total. The molecule has 0 saturated carbocycles. The Balaban J connectivity index is 1.90. The molecular weight excluding hydrogens is 162 g/mol. The lowest BCUT2D eigenvalue weighted by Crippen LogP contribution is -2.38. The molecule has 0 amide bonds. The first-order chi connectivity index (χ1) is 6.42. The maximum Gasteiger partial charge on any atom is 0.0469 e. The zero-order chi connectivity index (χ0) is 9.10. The van der Waals surface area contributed by atoms with E-state index in [1.165, 1.54) is 38.8 Å². The molecule has 2 fully saturated rings. The van der Waals surface area contributed by atoms with Gasteiger partial charge in [-0.15, -0.1) is 0 Å². The van der Waals surface area contributed by atoms with Crippen molar-refractivity contribution in [1.29, 1.82) is 0 Å². The van der Waals surface area contributed by atoms with Gasteiger partial charge in [0.25, 0.3) is 0 Å². The first-order valence-electron chi connectivity index (χ1n) is 5.73. The molecule has 2 saturated heterocycles. The molecule has 76 valence electrons. The highest BCUT2D eigenvalue weighted by molar-refractivity contribution is 4.85. The molecule has 2 aliphatic rings. The zero-order valence-electron chi connectivity index (χ0n) is 8.67. The SMILES string of the molecule is CCN1CCCC1C1CCOCC1. The number of hydrogen-bond acceptors (Lipinski definition) is 2. The van der Waals surface area contributed by atoms with E-state index in [4.69, 9.17) is 4.74 Å². The van der Waals surface area contributed by atoms with Crippen molar-refractivity contribution in [3.8, 4) is 0 Å². The van der Waals surface area contributed by atoms with E-state index >= 15 is 0 Å². The van der Waals surface area contributed by atoms with Gasteiger partial charge in [0.2, 0.25) is 0 Å². The summed E-state index contributed by atoms with van der Waals surface area (Å²) in [4.78, 5) is 2.66. The van der Waals surface area contributed by atoms with Crippen LogP contribution >= 0.6 is 0 Å². The third-order valence-corrected chi connectivity index (χ3v) is 3.63. The predicted octanol–water partition coefficient (Wildman–Crippen LogP) is 1.90. The van der Waals surface area contributed by atoms with Crippen molar-refractivity contribution < 1.29 is 4.74 Å². The van der Waals surface area contributed by atoms with E-state index in [2.05, 4.69) is 11.8 Å². The Morgan fingerprint density at radius 3 is 2.69 bits per heavy atom. The summed E-state index contributed by atoms with van der Waals surface area (Å²) in [5.74, 6) is 0.927. The molecule has 13 heavy (non-hydrogen) atoms. The van der Waals surface area contributed by atoms with Crippen LogP contribution in [-0.4, -0.2) is 37.2 Å². The Labute approximate surface area is 81.3 Å². The smallest absolute Gasteiger partial charge is 0.0469 e. The zero-order valence-corrected chi connectivity index (χ0v) is 8.67. The van der Waals surface area contributed by atoms with Crippen LogP contribution in [0.25, 0.3) is 0 Å². The van der Waals surface area contributed by atoms with Crippen molar-refractivity contribution in [3.05, 3.63) is 0 Å². The third kappa shape index (κ3) is 2.05. The second kappa shape index (κ2) is 4.43. The Bertz CT molecular complexity index is 154. The van der Waals surface area contributed by atoms with Crippen LogP contribution in [0.4, 0.5) is 0 Å². The Kier molecular flexibility index (Phi) is 3.23. The Morgan fingerprint density at radius 2 is 2.00 bits per heavy atom. The lowest BCUT2D eigenvalue weighted by Gasteiger charge is -2.33. The van der Waals surface area contributed by atoms with Crippen LogP contribution in [-0.2, 0) is 4.74 Å². The molecule has 2 heteroatoms. The summed E-state index contributed by atoms with van der Waals surface area (Å²) < 4.78 is 5.41. The van der Waals surface area contributed by atoms with E-state index in [0.717, 1.165) is 25.2 Å². The Hall–Kier alpha value is -0.0800. The van der Waals surface area contributed by atoms with Gasteiger partial charge in [0.05, 0.1) is 0 Å². The number of ether oxygens (including phenoxy) is 1. The standard InChI is InChI=1S/C11H21NO/c1-2-12-7-3-4-11(12)10-5-8-13-9-6-10/h10-11H,2-9H2,1H3. The van der Waals surface area contributed by atoms with Crippen LogP contribution in [0.5, 0.6) is 0 Å². The van der Waals surface area contributed by atoms with Crippen molar-refractivity contribution in [2.24, 2.45) is 5.92 Å². The second-order valence-electron chi connectivity index (χ2n) is 4.29. The van der Waals surface area contributed by atoms with E-state index in [1.54, 1.807) is 0 Å². The molecular formula is C11H21NO. The highest BCUT2D eigenvalue weighted by Gasteiger charge is 2.31. The van der Waals surface area contributed by atoms with Crippen LogP contribution in [0.3, 0.4) is 0 Å². The third-order valence-electron chi connectivity index (χ3n) is 3.63. The monoisotopic (exact) mass is 183 g/mol. The molecule has 0 aromatic heterocycles. The van der Waals surface area contributed by atoms with Crippen molar-refractivity contribution in [3.63, 3.8) is 0 Å². The van der Waals surface area contributed by atoms with Crippen LogP contribution < -0.4 is 0 Å². The first-order valence-corrected chi connectivity index (χ1v) is 5.73. The summed E-state index contributed by atoms with van der Waals surface area (Å²) in [6, 6.07) is 0.883. The van der Waals surface area contributed by atoms with Crippen molar-refractivity contribution in [1.82, 2.24) is 4.90 Å². The van der Waals surface area contributed by atoms with Gasteiger partial charge in [0.1, 0.15) is 0 Å². The molecule has 0 N–H and O–H groups in total. The van der Waals surface area contributed by atoms with Crippen LogP contribution in [0.2, 0.25) is 0 Å². The summed E-state index contributed by atoms with van der Waals surface area (Å²) in [6.45, 7) is 6.86. The van der Waals surface area contributed by atoms with E-state index in [9.17, 15) is 0 Å². The molecule has 0 spiro atoms. The molecule has 0 aliphatic carbocycles. The lowest BCUT2D eigenvalue weighted by atomic mass is 9.90. The average molecular weight is 183 g/mol. The van der Waals surface area contributed by atoms with E-state index in [0.29, 0.717) is 0 Å². The second-order valence-corrected chi connectivity index (χ2v) is 4.29. The minimum Gasteiger partial charge on any atom is -0.381 e. The van der Waals surface area contributed by atoms with Crippen molar-refractivity contribution >= 4 is 0 Å². The lowest BCUT2D eigenvalue weighted by molar-refractivity contribution is 0.0370. The molecule has 0 radical (unpaired) electrons. The van der Waals surface area contributed by atoms with Gasteiger partial charge in [-0.3, -0.25) is 0 Å². The molecule has 2 rings (SSSR count). The van der Waals surface area contributed by atoms with Gasteiger partial charge in [-0.05, 0) is 44.7 Å². The van der Waals surface area contributed by atoms with Gasteiger partial charge in [-0.2, -0.15) is 0 Å². The van der Waals surface area contributed by atoms with Crippen LogP contribution in [0.1, 0.15) is 32.6 Å². The van der Waals surface area contributed by atoms with E-state index in [1.807, 2.05) is 0 Å². The summed E-state index contributed by atoms with van der Waals surface area (Å²) in [5, 5.41) is 0. The summed E-state index contributed by atoms with van der Waals surface area (Å²) in [7, 11) is 0. The molecule has 2 heterocycles. The number of likely N-dealkylation sites (tertiary alicyclic amines) is 1. The largest absolute Gasteiger partial charge is 0.381 e. The Morgan fingerprint density at radius 1 is 1.23 bits per heavy atom. The van der Waals surface area contributed by atoms with Crippen LogP contribution in [0.15, 0.2) is 0 Å². The van der Waals surface area contributed by atoms with Gasteiger partial charge >= 0.3 is 0 Å². The molecule has 0 aromatic carbocycles. The minimum absolute atomic E-state index is 0.883. The van der Waals surface area contributed by atoms with E-state index < -0.39 is 0 Å². The fraction of sp³-hybridized carbons (Fsp3) is 1.00. The first kappa shape index (κ1) is 9.47. The molecule has 1 atom stereocenters. The van der Waals surface area contributed by atoms with Gasteiger partial charge in [-0.1, -0.05) is 6.92 Å². The predicted molar refractivity (Wildman–Crippen MR) is 53.8 cm³/mol. The molecule has 0 bridgehead atoms. The maximum atomic E-state index is 5.41. The highest BCUT2D eigenvalue weighted by atomic mass is 16.5. The highest BCUT2D eigenvalue weighted by Crippen LogP contribution is 2.29. The quantitative estimate of drug-likeness (QED) is 0.648. The number of hydrogen-bond donors (Lipinski definition) is 0. The van der Waals surface area contributed by atoms with Crippen LogP contribution in [0, 0.1) is 5.92 Å². The van der Waals surface area contributed by atoms with E-state index in [-0.39, 0.29) is 0 Å². The van der Waals surface area contributed by atoms with Gasteiger partial charge in [0.15, 0.2) is 0 Å².